The number of amides is 1. The van der Waals surface area contributed by atoms with Gasteiger partial charge in [0.2, 0.25) is 11.9 Å². The fourth-order valence-corrected chi connectivity index (χ4v) is 3.87. The van der Waals surface area contributed by atoms with Crippen LogP contribution in [0.2, 0.25) is 0 Å². The van der Waals surface area contributed by atoms with Crippen molar-refractivity contribution in [2.75, 3.05) is 16.6 Å². The van der Waals surface area contributed by atoms with Crippen LogP contribution in [0.25, 0.3) is 6.08 Å². The molecule has 0 atom stereocenters. The number of nitrogens with zero attached hydrogens (tertiary/aromatic N) is 2. The first-order valence-electron chi connectivity index (χ1n) is 9.18. The van der Waals surface area contributed by atoms with E-state index in [2.05, 4.69) is 35.9 Å². The summed E-state index contributed by atoms with van der Waals surface area (Å²) >= 11 is 3.40. The van der Waals surface area contributed by atoms with E-state index in [9.17, 15) is 13.2 Å². The molecule has 0 saturated heterocycles. The molecule has 0 bridgehead atoms. The molecule has 0 unspecified atom stereocenters. The van der Waals surface area contributed by atoms with Gasteiger partial charge in [-0.25, -0.2) is 23.1 Å². The molecule has 0 aliphatic rings. The summed E-state index contributed by atoms with van der Waals surface area (Å²) in [6.07, 6.45) is 5.89. The third kappa shape index (κ3) is 6.37. The number of sulfonamides is 1. The van der Waals surface area contributed by atoms with E-state index in [1.165, 1.54) is 42.7 Å². The van der Waals surface area contributed by atoms with Crippen molar-refractivity contribution in [3.8, 4) is 5.75 Å². The van der Waals surface area contributed by atoms with Crippen LogP contribution in [0.5, 0.6) is 5.75 Å². The fourth-order valence-electron chi connectivity index (χ4n) is 2.53. The lowest BCUT2D eigenvalue weighted by Gasteiger charge is -2.08. The van der Waals surface area contributed by atoms with Gasteiger partial charge in [-0.2, -0.15) is 0 Å². The summed E-state index contributed by atoms with van der Waals surface area (Å²) in [5.41, 5.74) is 1.20. The van der Waals surface area contributed by atoms with Crippen LogP contribution in [0.4, 0.5) is 11.6 Å². The molecule has 0 aliphatic carbocycles. The topological polar surface area (TPSA) is 110 Å². The molecule has 3 aromatic rings. The van der Waals surface area contributed by atoms with Crippen molar-refractivity contribution in [2.45, 2.75) is 11.8 Å². The van der Waals surface area contributed by atoms with Crippen molar-refractivity contribution in [2.24, 2.45) is 0 Å². The molecule has 0 aliphatic heterocycles. The zero-order valence-electron chi connectivity index (χ0n) is 16.4. The molecule has 0 saturated carbocycles. The number of rotatable bonds is 8. The summed E-state index contributed by atoms with van der Waals surface area (Å²) in [6.45, 7) is 2.39. The van der Waals surface area contributed by atoms with E-state index in [1.807, 2.05) is 25.1 Å². The molecule has 0 fully saturated rings. The van der Waals surface area contributed by atoms with Crippen molar-refractivity contribution >= 4 is 49.6 Å². The quantitative estimate of drug-likeness (QED) is 0.448. The largest absolute Gasteiger partial charge is 0.493 e. The lowest BCUT2D eigenvalue weighted by Crippen LogP contribution is -2.15. The molecule has 2 N–H and O–H groups in total. The second-order valence-electron chi connectivity index (χ2n) is 6.14. The first kappa shape index (κ1) is 22.4. The molecule has 31 heavy (non-hydrogen) atoms. The predicted molar refractivity (Wildman–Crippen MR) is 122 cm³/mol. The highest BCUT2D eigenvalue weighted by molar-refractivity contribution is 9.10. The van der Waals surface area contributed by atoms with E-state index in [0.29, 0.717) is 18.0 Å². The number of nitrogens with one attached hydrogen (secondary N) is 2. The van der Waals surface area contributed by atoms with Gasteiger partial charge in [-0.3, -0.25) is 4.79 Å². The maximum Gasteiger partial charge on any atom is 0.264 e. The molecule has 160 valence electrons. The van der Waals surface area contributed by atoms with E-state index < -0.39 is 10.0 Å². The van der Waals surface area contributed by atoms with Crippen molar-refractivity contribution in [3.05, 3.63) is 77.0 Å². The van der Waals surface area contributed by atoms with Crippen molar-refractivity contribution in [1.82, 2.24) is 9.97 Å². The first-order chi connectivity index (χ1) is 14.9. The number of aromatic nitrogens is 2. The van der Waals surface area contributed by atoms with Gasteiger partial charge >= 0.3 is 0 Å². The fraction of sp³-hybridized carbons (Fsp3) is 0.0952. The zero-order chi connectivity index (χ0) is 22.3. The minimum atomic E-state index is -3.84. The molecular weight excluding hydrogens is 484 g/mol. The molecule has 10 heteroatoms. The predicted octanol–water partition coefficient (Wildman–Crippen LogP) is 4.09. The Kier molecular flexibility index (Phi) is 7.37. The Morgan fingerprint density at radius 1 is 1.13 bits per heavy atom. The standard InChI is InChI=1S/C21H19BrN4O4S/c1-2-30-19-10-5-16(22)14-15(19)4-11-20(27)25-17-6-8-18(9-7-17)31(28,29)26-21-23-12-3-13-24-21/h3-14H,2H2,1H3,(H,25,27)(H,23,24,26)/b11-4+. The Morgan fingerprint density at radius 3 is 2.52 bits per heavy atom. The second kappa shape index (κ2) is 10.2. The van der Waals surface area contributed by atoms with Crippen LogP contribution in [0, 0.1) is 0 Å². The molecule has 1 aromatic heterocycles. The molecule has 0 spiro atoms. The number of carbonyl (C=O) groups excluding carboxylic acids is 1. The van der Waals surface area contributed by atoms with E-state index in [-0.39, 0.29) is 16.8 Å². The highest BCUT2D eigenvalue weighted by atomic mass is 79.9. The summed E-state index contributed by atoms with van der Waals surface area (Å²) in [4.78, 5) is 20.0. The Bertz CT molecular complexity index is 1180. The van der Waals surface area contributed by atoms with Crippen LogP contribution >= 0.6 is 15.9 Å². The molecule has 0 radical (unpaired) electrons. The minimum Gasteiger partial charge on any atom is -0.493 e. The lowest BCUT2D eigenvalue weighted by atomic mass is 10.2. The number of anilines is 2. The smallest absolute Gasteiger partial charge is 0.264 e. The number of benzene rings is 2. The van der Waals surface area contributed by atoms with Gasteiger partial charge in [0.05, 0.1) is 11.5 Å². The van der Waals surface area contributed by atoms with Crippen LogP contribution in [0.15, 0.2) is 76.4 Å². The summed E-state index contributed by atoms with van der Waals surface area (Å²) in [6, 6.07) is 12.9. The minimum absolute atomic E-state index is 0.0176. The van der Waals surface area contributed by atoms with E-state index in [4.69, 9.17) is 4.74 Å². The Morgan fingerprint density at radius 2 is 1.84 bits per heavy atom. The summed E-state index contributed by atoms with van der Waals surface area (Å²) in [5.74, 6) is 0.275. The van der Waals surface area contributed by atoms with Gasteiger partial charge in [0.1, 0.15) is 5.75 Å². The van der Waals surface area contributed by atoms with Crippen LogP contribution in [0.3, 0.4) is 0 Å². The average Bonchev–Trinajstić information content (AvgIpc) is 2.75. The number of ether oxygens (including phenoxy) is 1. The lowest BCUT2D eigenvalue weighted by molar-refractivity contribution is -0.111. The number of halogens is 1. The van der Waals surface area contributed by atoms with Crippen molar-refractivity contribution in [3.63, 3.8) is 0 Å². The second-order valence-corrected chi connectivity index (χ2v) is 8.74. The maximum absolute atomic E-state index is 12.4. The van der Waals surface area contributed by atoms with Crippen LogP contribution in [-0.4, -0.2) is 30.9 Å². The molecule has 1 amide bonds. The van der Waals surface area contributed by atoms with Gasteiger partial charge in [-0.1, -0.05) is 15.9 Å². The Balaban J connectivity index is 1.66. The molecule has 3 rings (SSSR count). The van der Waals surface area contributed by atoms with Crippen LogP contribution in [-0.2, 0) is 14.8 Å². The van der Waals surface area contributed by atoms with Crippen molar-refractivity contribution < 1.29 is 17.9 Å². The van der Waals surface area contributed by atoms with E-state index >= 15 is 0 Å². The third-order valence-corrected chi connectivity index (χ3v) is 5.75. The van der Waals surface area contributed by atoms with Gasteiger partial charge < -0.3 is 10.1 Å². The summed E-state index contributed by atoms with van der Waals surface area (Å²) < 4.78 is 33.5. The summed E-state index contributed by atoms with van der Waals surface area (Å²) in [5, 5.41) is 2.69. The van der Waals surface area contributed by atoms with Crippen molar-refractivity contribution in [1.29, 1.82) is 0 Å². The summed E-state index contributed by atoms with van der Waals surface area (Å²) in [7, 11) is -3.84. The Hall–Kier alpha value is -3.24. The van der Waals surface area contributed by atoms with Crippen LogP contribution in [0.1, 0.15) is 12.5 Å². The van der Waals surface area contributed by atoms with E-state index in [0.717, 1.165) is 10.0 Å². The first-order valence-corrected chi connectivity index (χ1v) is 11.5. The van der Waals surface area contributed by atoms with Gasteiger partial charge in [0.15, 0.2) is 0 Å². The number of hydrogen-bond donors (Lipinski definition) is 2. The highest BCUT2D eigenvalue weighted by Crippen LogP contribution is 2.24. The van der Waals surface area contributed by atoms with E-state index in [1.54, 1.807) is 12.1 Å². The number of hydrogen-bond acceptors (Lipinski definition) is 6. The molecule has 2 aromatic carbocycles. The van der Waals surface area contributed by atoms with Gasteiger partial charge in [0.25, 0.3) is 10.0 Å². The average molecular weight is 503 g/mol. The van der Waals surface area contributed by atoms with Crippen LogP contribution < -0.4 is 14.8 Å². The maximum atomic E-state index is 12.4. The highest BCUT2D eigenvalue weighted by Gasteiger charge is 2.15. The SMILES string of the molecule is CCOc1ccc(Br)cc1/C=C/C(=O)Nc1ccc(S(=O)(=O)Nc2ncccn2)cc1. The third-order valence-electron chi connectivity index (χ3n) is 3.91. The number of carbonyl (C=O) groups is 1. The van der Waals surface area contributed by atoms with Gasteiger partial charge in [-0.05, 0) is 61.5 Å². The van der Waals surface area contributed by atoms with Gasteiger partial charge in [-0.15, -0.1) is 0 Å². The zero-order valence-corrected chi connectivity index (χ0v) is 18.9. The molecular formula is C21H19BrN4O4S. The molecule has 1 heterocycles. The van der Waals surface area contributed by atoms with Gasteiger partial charge in [0, 0.05) is 34.2 Å². The Labute approximate surface area is 188 Å². The molecule has 8 nitrogen and oxygen atoms in total. The normalized spacial score (nSPS) is 11.3. The monoisotopic (exact) mass is 502 g/mol.